The number of nitrogens with one attached hydrogen (secondary N) is 1. The van der Waals surface area contributed by atoms with Gasteiger partial charge < -0.3 is 17.8 Å². The van der Waals surface area contributed by atoms with Crippen LogP contribution in [0.4, 0.5) is 0 Å². The summed E-state index contributed by atoms with van der Waals surface area (Å²) in [5, 5.41) is 3.42. The first kappa shape index (κ1) is 17.8. The SMILES string of the molecule is CO[Si](CCCNCn1ccnc1-c1ccccc1)(OC)OC. The van der Waals surface area contributed by atoms with Gasteiger partial charge in [0.2, 0.25) is 0 Å². The van der Waals surface area contributed by atoms with Crippen LogP contribution in [-0.2, 0) is 19.9 Å². The second-order valence-corrected chi connectivity index (χ2v) is 8.23. The molecule has 2 rings (SSSR count). The Morgan fingerprint density at radius 1 is 1.09 bits per heavy atom. The summed E-state index contributed by atoms with van der Waals surface area (Å²) >= 11 is 0. The van der Waals surface area contributed by atoms with E-state index in [0.29, 0.717) is 6.67 Å². The van der Waals surface area contributed by atoms with Gasteiger partial charge in [0.1, 0.15) is 5.82 Å². The second kappa shape index (κ2) is 8.95. The van der Waals surface area contributed by atoms with Crippen molar-refractivity contribution in [3.05, 3.63) is 42.7 Å². The van der Waals surface area contributed by atoms with Crippen molar-refractivity contribution in [2.45, 2.75) is 19.1 Å². The van der Waals surface area contributed by atoms with E-state index in [1.165, 1.54) is 0 Å². The molecule has 0 spiro atoms. The Morgan fingerprint density at radius 3 is 2.43 bits per heavy atom. The summed E-state index contributed by atoms with van der Waals surface area (Å²) < 4.78 is 18.4. The molecule has 6 nitrogen and oxygen atoms in total. The molecule has 23 heavy (non-hydrogen) atoms. The van der Waals surface area contributed by atoms with Gasteiger partial charge in [0.15, 0.2) is 0 Å². The zero-order valence-corrected chi connectivity index (χ0v) is 15.0. The molecule has 0 aliphatic rings. The molecule has 0 saturated heterocycles. The molecule has 1 N–H and O–H groups in total. The van der Waals surface area contributed by atoms with Crippen molar-refractivity contribution < 1.29 is 13.3 Å². The van der Waals surface area contributed by atoms with Crippen molar-refractivity contribution >= 4 is 8.80 Å². The number of nitrogens with zero attached hydrogens (tertiary/aromatic N) is 2. The molecular weight excluding hydrogens is 310 g/mol. The highest BCUT2D eigenvalue weighted by molar-refractivity contribution is 6.60. The maximum atomic E-state index is 5.42. The molecule has 0 fully saturated rings. The zero-order valence-electron chi connectivity index (χ0n) is 14.0. The van der Waals surface area contributed by atoms with E-state index in [1.807, 2.05) is 30.6 Å². The van der Waals surface area contributed by atoms with Gasteiger partial charge >= 0.3 is 8.80 Å². The third-order valence-electron chi connectivity index (χ3n) is 3.80. The van der Waals surface area contributed by atoms with Crippen LogP contribution in [0.5, 0.6) is 0 Å². The van der Waals surface area contributed by atoms with Crippen LogP contribution in [0.2, 0.25) is 6.04 Å². The number of rotatable bonds is 10. The maximum absolute atomic E-state index is 5.42. The number of aromatic nitrogens is 2. The van der Waals surface area contributed by atoms with Gasteiger partial charge in [-0.15, -0.1) is 0 Å². The van der Waals surface area contributed by atoms with Crippen LogP contribution in [0, 0.1) is 0 Å². The van der Waals surface area contributed by atoms with E-state index in [4.69, 9.17) is 13.3 Å². The van der Waals surface area contributed by atoms with Crippen LogP contribution in [0.1, 0.15) is 6.42 Å². The Labute approximate surface area is 138 Å². The highest BCUT2D eigenvalue weighted by Crippen LogP contribution is 2.16. The Bertz CT molecular complexity index is 565. The zero-order chi connectivity index (χ0) is 16.5. The highest BCUT2D eigenvalue weighted by atomic mass is 28.4. The standard InChI is InChI=1S/C16H25N3O3Si/c1-20-23(21-2,22-3)13-7-10-17-14-19-12-11-18-16(19)15-8-5-4-6-9-15/h4-6,8-9,11-12,17H,7,10,13-14H2,1-3H3. The van der Waals surface area contributed by atoms with E-state index in [-0.39, 0.29) is 0 Å². The fourth-order valence-electron chi connectivity index (χ4n) is 2.47. The van der Waals surface area contributed by atoms with Gasteiger partial charge in [-0.2, -0.15) is 0 Å². The molecule has 1 heterocycles. The van der Waals surface area contributed by atoms with Gasteiger partial charge in [0.25, 0.3) is 0 Å². The van der Waals surface area contributed by atoms with E-state index < -0.39 is 8.80 Å². The van der Waals surface area contributed by atoms with Gasteiger partial charge in [-0.25, -0.2) is 4.98 Å². The minimum atomic E-state index is -2.46. The largest absolute Gasteiger partial charge is 0.500 e. The minimum absolute atomic E-state index is 0.714. The lowest BCUT2D eigenvalue weighted by Crippen LogP contribution is -2.43. The van der Waals surface area contributed by atoms with Crippen LogP contribution in [0.25, 0.3) is 11.4 Å². The topological polar surface area (TPSA) is 57.5 Å². The molecule has 1 aromatic carbocycles. The monoisotopic (exact) mass is 335 g/mol. The van der Waals surface area contributed by atoms with Crippen molar-refractivity contribution in [1.29, 1.82) is 0 Å². The van der Waals surface area contributed by atoms with Crippen LogP contribution in [0.15, 0.2) is 42.7 Å². The van der Waals surface area contributed by atoms with Crippen molar-refractivity contribution in [3.63, 3.8) is 0 Å². The fourth-order valence-corrected chi connectivity index (χ4v) is 4.19. The molecule has 0 atom stereocenters. The summed E-state index contributed by atoms with van der Waals surface area (Å²) in [4.78, 5) is 4.43. The average Bonchev–Trinajstić information content (AvgIpc) is 3.08. The quantitative estimate of drug-likeness (QED) is 0.533. The van der Waals surface area contributed by atoms with Crippen LogP contribution >= 0.6 is 0 Å². The normalized spacial score (nSPS) is 11.8. The molecule has 0 radical (unpaired) electrons. The van der Waals surface area contributed by atoms with Crippen LogP contribution in [-0.4, -0.2) is 46.2 Å². The first-order valence-corrected chi connectivity index (χ1v) is 9.60. The molecular formula is C16H25N3O3Si. The molecule has 0 amide bonds. The van der Waals surface area contributed by atoms with Gasteiger partial charge in [-0.1, -0.05) is 30.3 Å². The molecule has 2 aromatic rings. The first-order chi connectivity index (χ1) is 11.2. The predicted molar refractivity (Wildman–Crippen MR) is 91.9 cm³/mol. The number of imidazole rings is 1. The Morgan fingerprint density at radius 2 is 1.78 bits per heavy atom. The lowest BCUT2D eigenvalue weighted by Gasteiger charge is -2.24. The van der Waals surface area contributed by atoms with E-state index in [9.17, 15) is 0 Å². The smallest absolute Gasteiger partial charge is 0.377 e. The summed E-state index contributed by atoms with van der Waals surface area (Å²) in [6.07, 6.45) is 4.73. The van der Waals surface area contributed by atoms with E-state index in [1.54, 1.807) is 21.3 Å². The molecule has 126 valence electrons. The minimum Gasteiger partial charge on any atom is -0.377 e. The lowest BCUT2D eigenvalue weighted by atomic mass is 10.2. The summed E-state index contributed by atoms with van der Waals surface area (Å²) in [6.45, 7) is 1.57. The number of benzene rings is 1. The first-order valence-electron chi connectivity index (χ1n) is 7.67. The molecule has 7 heteroatoms. The van der Waals surface area contributed by atoms with E-state index in [0.717, 1.165) is 30.4 Å². The molecule has 0 saturated carbocycles. The molecule has 0 aliphatic heterocycles. The summed E-state index contributed by atoms with van der Waals surface area (Å²) in [6, 6.07) is 11.0. The summed E-state index contributed by atoms with van der Waals surface area (Å²) in [5.41, 5.74) is 1.11. The summed E-state index contributed by atoms with van der Waals surface area (Å²) in [5.74, 6) is 0.965. The maximum Gasteiger partial charge on any atom is 0.500 e. The number of hydrogen-bond donors (Lipinski definition) is 1. The second-order valence-electron chi connectivity index (χ2n) is 5.14. The Hall–Kier alpha value is -1.51. The fraction of sp³-hybridized carbons (Fsp3) is 0.438. The number of hydrogen-bond acceptors (Lipinski definition) is 5. The van der Waals surface area contributed by atoms with E-state index >= 15 is 0 Å². The van der Waals surface area contributed by atoms with Crippen LogP contribution < -0.4 is 5.32 Å². The molecule has 0 bridgehead atoms. The molecule has 1 aromatic heterocycles. The van der Waals surface area contributed by atoms with Crippen LogP contribution in [0.3, 0.4) is 0 Å². The van der Waals surface area contributed by atoms with Gasteiger partial charge in [-0.05, 0) is 13.0 Å². The third-order valence-corrected chi connectivity index (χ3v) is 6.63. The molecule has 0 aliphatic carbocycles. The summed E-state index contributed by atoms with van der Waals surface area (Å²) in [7, 11) is 2.47. The van der Waals surface area contributed by atoms with Crippen molar-refractivity contribution in [1.82, 2.24) is 14.9 Å². The Kier molecular flexibility index (Phi) is 6.94. The lowest BCUT2D eigenvalue weighted by molar-refractivity contribution is 0.123. The van der Waals surface area contributed by atoms with Gasteiger partial charge in [-0.3, -0.25) is 5.32 Å². The van der Waals surface area contributed by atoms with Crippen molar-refractivity contribution in [2.75, 3.05) is 27.9 Å². The van der Waals surface area contributed by atoms with Gasteiger partial charge in [0.05, 0.1) is 6.67 Å². The average molecular weight is 335 g/mol. The van der Waals surface area contributed by atoms with Gasteiger partial charge in [0, 0.05) is 45.3 Å². The molecule has 0 unspecified atom stereocenters. The third kappa shape index (κ3) is 4.73. The Balaban J connectivity index is 1.81. The highest BCUT2D eigenvalue weighted by Gasteiger charge is 2.36. The predicted octanol–water partition coefficient (Wildman–Crippen LogP) is 2.37. The van der Waals surface area contributed by atoms with E-state index in [2.05, 4.69) is 27.0 Å². The van der Waals surface area contributed by atoms with Crippen molar-refractivity contribution in [2.24, 2.45) is 0 Å². The van der Waals surface area contributed by atoms with Crippen molar-refractivity contribution in [3.8, 4) is 11.4 Å².